The van der Waals surface area contributed by atoms with Crippen LogP contribution in [0.4, 0.5) is 5.69 Å². The predicted octanol–water partition coefficient (Wildman–Crippen LogP) is 2.07. The van der Waals surface area contributed by atoms with E-state index in [1.807, 2.05) is 25.1 Å². The predicted molar refractivity (Wildman–Crippen MR) is 73.0 cm³/mol. The minimum atomic E-state index is 0.0945. The number of benzene rings is 1. The van der Waals surface area contributed by atoms with Crippen LogP contribution in [0.5, 0.6) is 0 Å². The third kappa shape index (κ3) is 2.61. The number of nitrogens with zero attached hydrogens (tertiary/aromatic N) is 1. The minimum absolute atomic E-state index is 0.0945. The lowest BCUT2D eigenvalue weighted by Gasteiger charge is -2.21. The van der Waals surface area contributed by atoms with E-state index in [2.05, 4.69) is 15.6 Å². The number of hydrogen-bond donors (Lipinski definition) is 2. The normalized spacial score (nSPS) is 16.7. The molecule has 1 amide bonds. The molecule has 5 heteroatoms. The van der Waals surface area contributed by atoms with Crippen LogP contribution in [0.15, 0.2) is 22.6 Å². The fourth-order valence-electron chi connectivity index (χ4n) is 2.45. The maximum Gasteiger partial charge on any atom is 0.227 e. The second-order valence-electron chi connectivity index (χ2n) is 4.93. The molecule has 1 fully saturated rings. The van der Waals surface area contributed by atoms with Crippen molar-refractivity contribution in [1.29, 1.82) is 0 Å². The Labute approximate surface area is 111 Å². The second kappa shape index (κ2) is 5.01. The molecule has 0 unspecified atom stereocenters. The van der Waals surface area contributed by atoms with Gasteiger partial charge in [0.05, 0.1) is 0 Å². The van der Waals surface area contributed by atoms with Crippen molar-refractivity contribution in [2.45, 2.75) is 19.8 Å². The number of piperidine rings is 1. The molecular formula is C14H17N3O2. The molecule has 1 saturated heterocycles. The average Bonchev–Trinajstić information content (AvgIpc) is 2.79. The Hall–Kier alpha value is -1.88. The zero-order valence-corrected chi connectivity index (χ0v) is 10.9. The van der Waals surface area contributed by atoms with Gasteiger partial charge in [0.15, 0.2) is 11.5 Å². The van der Waals surface area contributed by atoms with Crippen LogP contribution in [-0.2, 0) is 4.79 Å². The number of carbonyl (C=O) groups excluding carboxylic acids is 1. The first-order chi connectivity index (χ1) is 9.22. The summed E-state index contributed by atoms with van der Waals surface area (Å²) in [6.07, 6.45) is 1.80. The summed E-state index contributed by atoms with van der Waals surface area (Å²) in [5.74, 6) is 0.835. The van der Waals surface area contributed by atoms with Gasteiger partial charge in [-0.1, -0.05) is 0 Å². The quantitative estimate of drug-likeness (QED) is 0.866. The lowest BCUT2D eigenvalue weighted by atomic mass is 9.97. The molecule has 2 N–H and O–H groups in total. The Morgan fingerprint density at radius 1 is 1.42 bits per heavy atom. The Morgan fingerprint density at radius 2 is 2.21 bits per heavy atom. The number of amides is 1. The summed E-state index contributed by atoms with van der Waals surface area (Å²) in [4.78, 5) is 16.4. The minimum Gasteiger partial charge on any atom is -0.441 e. The standard InChI is InChI=1S/C14H17N3O2/c1-9-16-12-3-2-11(8-13(12)19-9)17-14(18)10-4-6-15-7-5-10/h2-3,8,10,15H,4-7H2,1H3,(H,17,18). The van der Waals surface area contributed by atoms with E-state index in [-0.39, 0.29) is 11.8 Å². The summed E-state index contributed by atoms with van der Waals surface area (Å²) < 4.78 is 5.46. The van der Waals surface area contributed by atoms with Crippen molar-refractivity contribution >= 4 is 22.7 Å². The Balaban J connectivity index is 1.74. The number of hydrogen-bond acceptors (Lipinski definition) is 4. The molecular weight excluding hydrogens is 242 g/mol. The van der Waals surface area contributed by atoms with Crippen LogP contribution >= 0.6 is 0 Å². The van der Waals surface area contributed by atoms with E-state index < -0.39 is 0 Å². The summed E-state index contributed by atoms with van der Waals surface area (Å²) in [5.41, 5.74) is 2.30. The highest BCUT2D eigenvalue weighted by Crippen LogP contribution is 2.21. The SMILES string of the molecule is Cc1nc2ccc(NC(=O)C3CCNCC3)cc2o1. The highest BCUT2D eigenvalue weighted by atomic mass is 16.3. The van der Waals surface area contributed by atoms with Gasteiger partial charge in [-0.15, -0.1) is 0 Å². The molecule has 2 aromatic rings. The molecule has 0 atom stereocenters. The second-order valence-corrected chi connectivity index (χ2v) is 4.93. The Morgan fingerprint density at radius 3 is 3.00 bits per heavy atom. The van der Waals surface area contributed by atoms with Gasteiger partial charge in [0, 0.05) is 24.6 Å². The van der Waals surface area contributed by atoms with Crippen molar-refractivity contribution in [1.82, 2.24) is 10.3 Å². The number of anilines is 1. The van der Waals surface area contributed by atoms with Crippen LogP contribution in [0.1, 0.15) is 18.7 Å². The maximum absolute atomic E-state index is 12.1. The van der Waals surface area contributed by atoms with Crippen molar-refractivity contribution < 1.29 is 9.21 Å². The summed E-state index contributed by atoms with van der Waals surface area (Å²) in [5, 5.41) is 6.22. The van der Waals surface area contributed by atoms with Crippen LogP contribution in [0, 0.1) is 12.8 Å². The molecule has 1 aromatic carbocycles. The van der Waals surface area contributed by atoms with Crippen molar-refractivity contribution in [3.63, 3.8) is 0 Å². The van der Waals surface area contributed by atoms with E-state index in [1.165, 1.54) is 0 Å². The lowest BCUT2D eigenvalue weighted by molar-refractivity contribution is -0.120. The van der Waals surface area contributed by atoms with Crippen molar-refractivity contribution in [3.8, 4) is 0 Å². The molecule has 1 aliphatic heterocycles. The van der Waals surface area contributed by atoms with Gasteiger partial charge in [0.1, 0.15) is 5.52 Å². The largest absolute Gasteiger partial charge is 0.441 e. The van der Waals surface area contributed by atoms with Crippen LogP contribution in [0.25, 0.3) is 11.1 Å². The molecule has 1 aromatic heterocycles. The number of oxazole rings is 1. The smallest absolute Gasteiger partial charge is 0.227 e. The number of nitrogens with one attached hydrogen (secondary N) is 2. The molecule has 3 rings (SSSR count). The molecule has 0 aliphatic carbocycles. The van der Waals surface area contributed by atoms with E-state index in [0.717, 1.165) is 37.1 Å². The Bertz CT molecular complexity index is 600. The summed E-state index contributed by atoms with van der Waals surface area (Å²) in [6.45, 7) is 3.64. The van der Waals surface area contributed by atoms with Gasteiger partial charge < -0.3 is 15.1 Å². The number of carbonyl (C=O) groups is 1. The van der Waals surface area contributed by atoms with Gasteiger partial charge in [-0.25, -0.2) is 4.98 Å². The van der Waals surface area contributed by atoms with Gasteiger partial charge in [-0.05, 0) is 38.1 Å². The summed E-state index contributed by atoms with van der Waals surface area (Å²) >= 11 is 0. The number of aromatic nitrogens is 1. The fourth-order valence-corrected chi connectivity index (χ4v) is 2.45. The van der Waals surface area contributed by atoms with Crippen LogP contribution in [0.2, 0.25) is 0 Å². The molecule has 0 spiro atoms. The third-order valence-electron chi connectivity index (χ3n) is 3.47. The lowest BCUT2D eigenvalue weighted by Crippen LogP contribution is -2.34. The third-order valence-corrected chi connectivity index (χ3v) is 3.47. The molecule has 1 aliphatic rings. The van der Waals surface area contributed by atoms with Crippen LogP contribution in [0.3, 0.4) is 0 Å². The van der Waals surface area contributed by atoms with Gasteiger partial charge in [-0.2, -0.15) is 0 Å². The number of rotatable bonds is 2. The zero-order chi connectivity index (χ0) is 13.2. The molecule has 0 bridgehead atoms. The summed E-state index contributed by atoms with van der Waals surface area (Å²) in [7, 11) is 0. The van der Waals surface area contributed by atoms with Gasteiger partial charge in [0.25, 0.3) is 0 Å². The number of fused-ring (bicyclic) bond motifs is 1. The highest BCUT2D eigenvalue weighted by molar-refractivity contribution is 5.94. The monoisotopic (exact) mass is 259 g/mol. The first kappa shape index (κ1) is 12.2. The molecule has 2 heterocycles. The highest BCUT2D eigenvalue weighted by Gasteiger charge is 2.20. The zero-order valence-electron chi connectivity index (χ0n) is 10.9. The topological polar surface area (TPSA) is 67.2 Å². The Kier molecular flexibility index (Phi) is 3.21. The molecule has 19 heavy (non-hydrogen) atoms. The van der Waals surface area contributed by atoms with E-state index in [1.54, 1.807) is 0 Å². The van der Waals surface area contributed by atoms with E-state index in [9.17, 15) is 4.79 Å². The molecule has 0 radical (unpaired) electrons. The maximum atomic E-state index is 12.1. The van der Waals surface area contributed by atoms with Crippen molar-refractivity contribution in [3.05, 3.63) is 24.1 Å². The fraction of sp³-hybridized carbons (Fsp3) is 0.429. The van der Waals surface area contributed by atoms with Gasteiger partial charge in [-0.3, -0.25) is 4.79 Å². The average molecular weight is 259 g/mol. The van der Waals surface area contributed by atoms with Crippen molar-refractivity contribution in [2.24, 2.45) is 5.92 Å². The first-order valence-corrected chi connectivity index (χ1v) is 6.61. The van der Waals surface area contributed by atoms with E-state index in [0.29, 0.717) is 11.5 Å². The van der Waals surface area contributed by atoms with Crippen LogP contribution < -0.4 is 10.6 Å². The van der Waals surface area contributed by atoms with Gasteiger partial charge >= 0.3 is 0 Å². The van der Waals surface area contributed by atoms with Gasteiger partial charge in [0.2, 0.25) is 5.91 Å². The molecule has 5 nitrogen and oxygen atoms in total. The van der Waals surface area contributed by atoms with E-state index >= 15 is 0 Å². The van der Waals surface area contributed by atoms with Crippen molar-refractivity contribution in [2.75, 3.05) is 18.4 Å². The first-order valence-electron chi connectivity index (χ1n) is 6.61. The van der Waals surface area contributed by atoms with Crippen LogP contribution in [-0.4, -0.2) is 24.0 Å². The van der Waals surface area contributed by atoms with E-state index in [4.69, 9.17) is 4.42 Å². The molecule has 100 valence electrons. The number of aryl methyl sites for hydroxylation is 1. The summed E-state index contributed by atoms with van der Waals surface area (Å²) in [6, 6.07) is 5.56. The molecule has 0 saturated carbocycles.